The third-order valence-corrected chi connectivity index (χ3v) is 21.5. The molecule has 0 atom stereocenters. The third-order valence-electron chi connectivity index (χ3n) is 8.48. The van der Waals surface area contributed by atoms with Gasteiger partial charge in [0.1, 0.15) is 0 Å². The van der Waals surface area contributed by atoms with Crippen LogP contribution in [0, 0.1) is 0 Å². The summed E-state index contributed by atoms with van der Waals surface area (Å²) in [6.45, 7) is 1.02. The second kappa shape index (κ2) is 9.89. The molecule has 49 heavy (non-hydrogen) atoms. The van der Waals surface area contributed by atoms with Crippen LogP contribution in [0.4, 0.5) is 87.8 Å². The van der Waals surface area contributed by atoms with Crippen LogP contribution in [0.15, 0.2) is 48.5 Å². The number of benzene rings is 2. The van der Waals surface area contributed by atoms with Gasteiger partial charge in [-0.05, 0) is 0 Å². The van der Waals surface area contributed by atoms with E-state index < -0.39 is 96.8 Å². The molecule has 0 radical (unpaired) electrons. The van der Waals surface area contributed by atoms with E-state index in [0.29, 0.717) is 32.9 Å². The molecule has 23 heteroatoms. The zero-order valence-corrected chi connectivity index (χ0v) is 25.8. The van der Waals surface area contributed by atoms with Crippen molar-refractivity contribution in [2.75, 3.05) is 0 Å². The molecule has 4 rings (SSSR count). The average Bonchev–Trinajstić information content (AvgIpc) is 3.36. The van der Waals surface area contributed by atoms with Gasteiger partial charge in [-0.1, -0.05) is 0 Å². The number of hydrogen-bond acceptors (Lipinski definition) is 2. The molecule has 0 bridgehead atoms. The summed E-state index contributed by atoms with van der Waals surface area (Å²) in [5.41, 5.74) is -18.6. The number of fused-ring (bicyclic) bond motifs is 4. The van der Waals surface area contributed by atoms with Crippen molar-refractivity contribution in [2.45, 2.75) is 84.6 Å². The van der Waals surface area contributed by atoms with Gasteiger partial charge in [-0.15, -0.1) is 0 Å². The second-order valence-electron chi connectivity index (χ2n) is 12.0. The van der Waals surface area contributed by atoms with Crippen LogP contribution in [-0.4, -0.2) is 61.5 Å². The van der Waals surface area contributed by atoms with E-state index in [-0.39, 0.29) is 36.4 Å². The van der Waals surface area contributed by atoms with Crippen molar-refractivity contribution < 1.29 is 95.3 Å². The Morgan fingerprint density at radius 3 is 0.837 bits per heavy atom. The van der Waals surface area contributed by atoms with Gasteiger partial charge in [0.2, 0.25) is 0 Å². The second-order valence-corrected chi connectivity index (χ2v) is 21.6. The Balaban J connectivity index is 2.48. The van der Waals surface area contributed by atoms with E-state index in [2.05, 4.69) is 7.45 Å². The molecule has 0 saturated carbocycles. The van der Waals surface area contributed by atoms with E-state index in [9.17, 15) is 52.7 Å². The summed E-state index contributed by atoms with van der Waals surface area (Å²) in [7, 11) is 0. The first kappa shape index (κ1) is 39.3. The van der Waals surface area contributed by atoms with E-state index in [0.717, 1.165) is 0 Å². The van der Waals surface area contributed by atoms with E-state index >= 15 is 35.1 Å². The van der Waals surface area contributed by atoms with Crippen molar-refractivity contribution in [3.8, 4) is 0 Å². The van der Waals surface area contributed by atoms with Crippen molar-refractivity contribution in [2.24, 2.45) is 0 Å². The molecule has 2 aliphatic rings. The van der Waals surface area contributed by atoms with Crippen LogP contribution in [0.1, 0.15) is 31.9 Å². The van der Waals surface area contributed by atoms with Crippen LogP contribution in [-0.2, 0) is 18.7 Å². The molecule has 0 amide bonds. The quantitative estimate of drug-likeness (QED) is 0.227. The van der Waals surface area contributed by atoms with Gasteiger partial charge in [-0.3, -0.25) is 0 Å². The van der Waals surface area contributed by atoms with Crippen LogP contribution >= 0.6 is 0 Å². The first-order valence-corrected chi connectivity index (χ1v) is 17.2. The molecule has 1 spiro atoms. The van der Waals surface area contributed by atoms with Crippen LogP contribution in [0.5, 0.6) is 0 Å². The predicted octanol–water partition coefficient (Wildman–Crippen LogP) is 9.24. The molecule has 0 unspecified atom stereocenters. The summed E-state index contributed by atoms with van der Waals surface area (Å²) >= 11 is -8.96. The molecular weight excluding hydrogens is 799 g/mol. The van der Waals surface area contributed by atoms with E-state index in [1.54, 1.807) is 0 Å². The molecule has 2 aliphatic heterocycles. The fourth-order valence-corrected chi connectivity index (χ4v) is 19.8. The van der Waals surface area contributed by atoms with E-state index in [4.69, 9.17) is 0 Å². The standard InChI is InChI=1S/C26H17AsF20O2/c1-16(2,3)27(14-10-6-4-8-12(14)17(48-27,19(28,29)23(36,37)38)20(30,31)24(39,40)41)15-11-7-5-9-13(15)18(49-27,21(32,33)25(42,43)44)22(34,35)26(45,46)47/h4-11H,1-3H3. The molecular formula is C26H17AsF20O2. The fraction of sp³-hybridized carbons (Fsp3) is 0.538. The Hall–Kier alpha value is -2.48. The fourth-order valence-electron chi connectivity index (χ4n) is 6.31. The SMILES string of the molecule is CC(C)(C)[As]12(OC(C(F)(F)C(F)(F)F)(C(F)(F)C(F)(F)F)c3ccccc31)OC(C(F)(F)C(F)(F)F)(C(F)(F)C(F)(F)F)c1ccccc12. The number of hydrogen-bond donors (Lipinski definition) is 0. The van der Waals surface area contributed by atoms with Gasteiger partial charge in [0.25, 0.3) is 0 Å². The summed E-state index contributed by atoms with van der Waals surface area (Å²) in [6, 6.07) is 0.456. The number of rotatable bonds is 4. The molecule has 0 saturated heterocycles. The van der Waals surface area contributed by atoms with Crippen LogP contribution in [0.3, 0.4) is 0 Å². The minimum absolute atomic E-state index is 0.0167. The maximum absolute atomic E-state index is 15.7. The Morgan fingerprint density at radius 1 is 0.408 bits per heavy atom. The topological polar surface area (TPSA) is 18.5 Å². The molecule has 0 aliphatic carbocycles. The van der Waals surface area contributed by atoms with Gasteiger partial charge >= 0.3 is 261 Å². The normalized spacial score (nSPS) is 22.0. The van der Waals surface area contributed by atoms with Gasteiger partial charge in [-0.25, -0.2) is 0 Å². The first-order chi connectivity index (χ1) is 21.5. The summed E-state index contributed by atoms with van der Waals surface area (Å²) in [5, 5.41) is 0. The summed E-state index contributed by atoms with van der Waals surface area (Å²) in [5.74, 6) is -30.4. The van der Waals surface area contributed by atoms with Crippen molar-refractivity contribution in [3.63, 3.8) is 0 Å². The Labute approximate surface area is 261 Å². The zero-order valence-electron chi connectivity index (χ0n) is 23.9. The summed E-state index contributed by atoms with van der Waals surface area (Å²) < 4.78 is 297. The van der Waals surface area contributed by atoms with Crippen molar-refractivity contribution >= 4 is 21.8 Å². The van der Waals surface area contributed by atoms with Crippen LogP contribution in [0.2, 0.25) is 4.20 Å². The predicted molar refractivity (Wildman–Crippen MR) is 127 cm³/mol. The molecule has 278 valence electrons. The number of alkyl halides is 20. The molecule has 2 aromatic rings. The van der Waals surface area contributed by atoms with Gasteiger partial charge in [0, 0.05) is 0 Å². The molecule has 0 fully saturated rings. The molecule has 0 N–H and O–H groups in total. The monoisotopic (exact) mass is 816 g/mol. The molecule has 2 heterocycles. The van der Waals surface area contributed by atoms with E-state index in [1.165, 1.54) is 0 Å². The third kappa shape index (κ3) is 4.07. The Kier molecular flexibility index (Phi) is 7.93. The minimum atomic E-state index is -8.96. The first-order valence-electron chi connectivity index (χ1n) is 12.9. The van der Waals surface area contributed by atoms with Gasteiger partial charge < -0.3 is 0 Å². The molecule has 2 nitrogen and oxygen atoms in total. The Bertz CT molecular complexity index is 1480. The average molecular weight is 816 g/mol. The molecule has 0 aromatic heterocycles. The van der Waals surface area contributed by atoms with Crippen LogP contribution in [0.25, 0.3) is 0 Å². The van der Waals surface area contributed by atoms with Gasteiger partial charge in [0.15, 0.2) is 0 Å². The zero-order chi connectivity index (χ0) is 38.3. The molecule has 2 aromatic carbocycles. The number of halogens is 20. The van der Waals surface area contributed by atoms with Crippen LogP contribution < -0.4 is 8.70 Å². The summed E-state index contributed by atoms with van der Waals surface area (Å²) in [4.78, 5) is 0. The van der Waals surface area contributed by atoms with Crippen molar-refractivity contribution in [1.29, 1.82) is 0 Å². The van der Waals surface area contributed by atoms with Gasteiger partial charge in [0.05, 0.1) is 0 Å². The summed E-state index contributed by atoms with van der Waals surface area (Å²) in [6.07, 6.45) is -30.3. The van der Waals surface area contributed by atoms with E-state index in [1.807, 2.05) is 0 Å². The van der Waals surface area contributed by atoms with Crippen molar-refractivity contribution in [3.05, 3.63) is 59.7 Å². The van der Waals surface area contributed by atoms with Crippen molar-refractivity contribution in [1.82, 2.24) is 0 Å². The van der Waals surface area contributed by atoms with Gasteiger partial charge in [-0.2, -0.15) is 0 Å². The Morgan fingerprint density at radius 2 is 0.633 bits per heavy atom. The maximum atomic E-state index is 15.7.